The van der Waals surface area contributed by atoms with Gasteiger partial charge in [-0.05, 0) is 49.9 Å². The molecule has 0 bridgehead atoms. The van der Waals surface area contributed by atoms with Gasteiger partial charge < -0.3 is 10.2 Å². The molecule has 16 heavy (non-hydrogen) atoms. The molecule has 0 saturated carbocycles. The van der Waals surface area contributed by atoms with Crippen molar-refractivity contribution < 1.29 is 15.0 Å². The van der Waals surface area contributed by atoms with Gasteiger partial charge in [-0.2, -0.15) is 0 Å². The Morgan fingerprint density at radius 3 is 2.75 bits per heavy atom. The fourth-order valence-corrected chi connectivity index (χ4v) is 2.50. The number of rotatable bonds is 2. The van der Waals surface area contributed by atoms with Crippen molar-refractivity contribution >= 4 is 5.97 Å². The average molecular weight is 220 g/mol. The van der Waals surface area contributed by atoms with Gasteiger partial charge in [-0.3, -0.25) is 4.79 Å². The molecule has 3 nitrogen and oxygen atoms in total. The third kappa shape index (κ3) is 1.56. The molecular formula is C13H16O3. The van der Waals surface area contributed by atoms with Gasteiger partial charge >= 0.3 is 5.97 Å². The Kier molecular flexibility index (Phi) is 2.41. The molecule has 1 atom stereocenters. The number of fused-ring (bicyclic) bond motifs is 1. The van der Waals surface area contributed by atoms with Crippen molar-refractivity contribution in [2.24, 2.45) is 5.41 Å². The van der Waals surface area contributed by atoms with Crippen LogP contribution in [0.15, 0.2) is 18.2 Å². The number of aromatic hydroxyl groups is 1. The van der Waals surface area contributed by atoms with E-state index in [1.807, 2.05) is 6.07 Å². The van der Waals surface area contributed by atoms with Gasteiger partial charge in [-0.15, -0.1) is 0 Å². The molecule has 2 N–H and O–H groups in total. The second kappa shape index (κ2) is 3.51. The number of hydrogen-bond donors (Lipinski definition) is 2. The fraction of sp³-hybridized carbons (Fsp3) is 0.462. The molecule has 2 rings (SSSR count). The molecular weight excluding hydrogens is 204 g/mol. The first-order chi connectivity index (χ1) is 7.43. The number of benzene rings is 1. The van der Waals surface area contributed by atoms with Gasteiger partial charge in [0.25, 0.3) is 0 Å². The number of hydrogen-bond acceptors (Lipinski definition) is 2. The van der Waals surface area contributed by atoms with Gasteiger partial charge in [0.05, 0.1) is 5.41 Å². The molecule has 0 aliphatic heterocycles. The van der Waals surface area contributed by atoms with Crippen LogP contribution in [0.5, 0.6) is 5.75 Å². The van der Waals surface area contributed by atoms with Crippen LogP contribution in [0.3, 0.4) is 0 Å². The third-order valence-corrected chi connectivity index (χ3v) is 3.63. The smallest absolute Gasteiger partial charge is 0.309 e. The van der Waals surface area contributed by atoms with Crippen LogP contribution in [0.4, 0.5) is 0 Å². The van der Waals surface area contributed by atoms with Crippen molar-refractivity contribution in [3.63, 3.8) is 0 Å². The number of phenolic OH excluding ortho intramolecular Hbond substituents is 1. The molecule has 1 aromatic rings. The lowest BCUT2D eigenvalue weighted by atomic mass is 9.76. The number of carboxylic acid groups (broad SMARTS) is 1. The summed E-state index contributed by atoms with van der Waals surface area (Å²) >= 11 is 0. The quantitative estimate of drug-likeness (QED) is 0.805. The van der Waals surface area contributed by atoms with Gasteiger partial charge in [0, 0.05) is 5.92 Å². The number of aliphatic carboxylic acids is 1. The second-order valence-corrected chi connectivity index (χ2v) is 5.00. The van der Waals surface area contributed by atoms with E-state index in [1.54, 1.807) is 26.0 Å². The van der Waals surface area contributed by atoms with Crippen molar-refractivity contribution in [2.45, 2.75) is 32.6 Å². The molecule has 0 spiro atoms. The molecule has 3 heteroatoms. The van der Waals surface area contributed by atoms with E-state index in [0.717, 1.165) is 24.0 Å². The van der Waals surface area contributed by atoms with Crippen molar-refractivity contribution in [2.75, 3.05) is 0 Å². The molecule has 0 saturated heterocycles. The van der Waals surface area contributed by atoms with Gasteiger partial charge in [-0.25, -0.2) is 0 Å². The SMILES string of the molecule is CC(C)(C(=O)O)[C@@H]1CCc2cc(O)ccc21. The summed E-state index contributed by atoms with van der Waals surface area (Å²) in [5, 5.41) is 18.6. The van der Waals surface area contributed by atoms with E-state index in [4.69, 9.17) is 0 Å². The van der Waals surface area contributed by atoms with Crippen LogP contribution in [0.1, 0.15) is 37.3 Å². The highest BCUT2D eigenvalue weighted by atomic mass is 16.4. The number of carboxylic acids is 1. The molecule has 86 valence electrons. The number of carbonyl (C=O) groups is 1. The summed E-state index contributed by atoms with van der Waals surface area (Å²) in [5.41, 5.74) is 1.41. The fourth-order valence-electron chi connectivity index (χ4n) is 2.50. The van der Waals surface area contributed by atoms with Gasteiger partial charge in [0.2, 0.25) is 0 Å². The van der Waals surface area contributed by atoms with Crippen molar-refractivity contribution in [1.82, 2.24) is 0 Å². The Labute approximate surface area is 94.7 Å². The second-order valence-electron chi connectivity index (χ2n) is 5.00. The summed E-state index contributed by atoms with van der Waals surface area (Å²) in [5.74, 6) is -0.466. The monoisotopic (exact) mass is 220 g/mol. The highest BCUT2D eigenvalue weighted by Crippen LogP contribution is 2.45. The predicted octanol–water partition coefficient (Wildman–Crippen LogP) is 2.53. The molecule has 0 radical (unpaired) electrons. The largest absolute Gasteiger partial charge is 0.508 e. The maximum atomic E-state index is 11.2. The van der Waals surface area contributed by atoms with Gasteiger partial charge in [0.1, 0.15) is 5.75 Å². The van der Waals surface area contributed by atoms with Crippen LogP contribution in [0, 0.1) is 5.41 Å². The van der Waals surface area contributed by atoms with E-state index < -0.39 is 11.4 Å². The minimum Gasteiger partial charge on any atom is -0.508 e. The van der Waals surface area contributed by atoms with Crippen LogP contribution < -0.4 is 0 Å². The Morgan fingerprint density at radius 1 is 1.44 bits per heavy atom. The summed E-state index contributed by atoms with van der Waals surface area (Å²) < 4.78 is 0. The summed E-state index contributed by atoms with van der Waals surface area (Å²) in [7, 11) is 0. The highest BCUT2D eigenvalue weighted by Gasteiger charge is 2.41. The minimum absolute atomic E-state index is 0.0422. The van der Waals surface area contributed by atoms with Crippen molar-refractivity contribution in [3.8, 4) is 5.75 Å². The van der Waals surface area contributed by atoms with E-state index in [1.165, 1.54) is 0 Å². The summed E-state index contributed by atoms with van der Waals surface area (Å²) in [6, 6.07) is 5.23. The van der Waals surface area contributed by atoms with Crippen molar-refractivity contribution in [3.05, 3.63) is 29.3 Å². The summed E-state index contributed by atoms with van der Waals surface area (Å²) in [6.07, 6.45) is 1.70. The average Bonchev–Trinajstić information content (AvgIpc) is 2.60. The van der Waals surface area contributed by atoms with Crippen LogP contribution in [0.25, 0.3) is 0 Å². The van der Waals surface area contributed by atoms with Crippen LogP contribution >= 0.6 is 0 Å². The maximum absolute atomic E-state index is 11.2. The van der Waals surface area contributed by atoms with Crippen LogP contribution in [-0.4, -0.2) is 16.2 Å². The zero-order valence-electron chi connectivity index (χ0n) is 9.53. The topological polar surface area (TPSA) is 57.5 Å². The summed E-state index contributed by atoms with van der Waals surface area (Å²) in [6.45, 7) is 3.53. The predicted molar refractivity (Wildman–Crippen MR) is 60.6 cm³/mol. The standard InChI is InChI=1S/C13H16O3/c1-13(2,12(15)16)11-6-3-8-7-9(14)4-5-10(8)11/h4-5,7,11,14H,3,6H2,1-2H3,(H,15,16)/t11-/m1/s1. The van der Waals surface area contributed by atoms with E-state index >= 15 is 0 Å². The molecule has 1 aliphatic carbocycles. The minimum atomic E-state index is -0.765. The molecule has 1 aromatic carbocycles. The van der Waals surface area contributed by atoms with Crippen LogP contribution in [0.2, 0.25) is 0 Å². The normalized spacial score (nSPS) is 19.5. The highest BCUT2D eigenvalue weighted by molar-refractivity contribution is 5.75. The maximum Gasteiger partial charge on any atom is 0.309 e. The molecule has 0 fully saturated rings. The Morgan fingerprint density at radius 2 is 2.12 bits per heavy atom. The Bertz CT molecular complexity index is 435. The zero-order valence-corrected chi connectivity index (χ0v) is 9.53. The first-order valence-corrected chi connectivity index (χ1v) is 5.48. The van der Waals surface area contributed by atoms with Crippen LogP contribution in [-0.2, 0) is 11.2 Å². The lowest BCUT2D eigenvalue weighted by Gasteiger charge is -2.27. The van der Waals surface area contributed by atoms with E-state index in [-0.39, 0.29) is 11.7 Å². The van der Waals surface area contributed by atoms with E-state index in [2.05, 4.69) is 0 Å². The number of aryl methyl sites for hydroxylation is 1. The Balaban J connectivity index is 2.41. The lowest BCUT2D eigenvalue weighted by molar-refractivity contribution is -0.148. The molecule has 1 aliphatic rings. The van der Waals surface area contributed by atoms with Gasteiger partial charge in [0.15, 0.2) is 0 Å². The summed E-state index contributed by atoms with van der Waals surface area (Å²) in [4.78, 5) is 11.2. The molecule has 0 heterocycles. The van der Waals surface area contributed by atoms with E-state index in [9.17, 15) is 15.0 Å². The lowest BCUT2D eigenvalue weighted by Crippen LogP contribution is -2.30. The number of phenols is 1. The van der Waals surface area contributed by atoms with Crippen molar-refractivity contribution in [1.29, 1.82) is 0 Å². The molecule has 0 amide bonds. The molecule has 0 aromatic heterocycles. The Hall–Kier alpha value is -1.51. The zero-order chi connectivity index (χ0) is 11.9. The van der Waals surface area contributed by atoms with E-state index in [0.29, 0.717) is 0 Å². The molecule has 0 unspecified atom stereocenters. The first-order valence-electron chi connectivity index (χ1n) is 5.48. The van der Waals surface area contributed by atoms with Gasteiger partial charge in [-0.1, -0.05) is 6.07 Å². The third-order valence-electron chi connectivity index (χ3n) is 3.63. The first kappa shape index (κ1) is 11.0.